The third-order valence-corrected chi connectivity index (χ3v) is 6.26. The van der Waals surface area contributed by atoms with Crippen LogP contribution in [0.2, 0.25) is 0 Å². The van der Waals surface area contributed by atoms with Gasteiger partial charge in [-0.15, -0.1) is 0 Å². The Hall–Kier alpha value is -2.73. The lowest BCUT2D eigenvalue weighted by atomic mass is 9.89. The maximum Gasteiger partial charge on any atom is 0.534 e. The van der Waals surface area contributed by atoms with Crippen LogP contribution in [0, 0.1) is 11.3 Å². The van der Waals surface area contributed by atoms with Gasteiger partial charge in [0.15, 0.2) is 0 Å². The molecule has 2 unspecified atom stereocenters. The SMILES string of the molecule is N#Cc1ccc([C@@H]2OC(CO)[C@@H](O)C(O)[C@H]2O)cc1Cc1ccc(OS(=O)(=O)C(F)(F)F)cc1. The van der Waals surface area contributed by atoms with E-state index in [4.69, 9.17) is 4.74 Å². The van der Waals surface area contributed by atoms with Crippen molar-refractivity contribution in [3.05, 3.63) is 64.7 Å². The molecule has 1 heterocycles. The highest BCUT2D eigenvalue weighted by molar-refractivity contribution is 7.88. The molecular weight excluding hydrogens is 483 g/mol. The number of hydrogen-bond donors (Lipinski definition) is 4. The second-order valence-corrected chi connectivity index (χ2v) is 9.12. The Bertz CT molecular complexity index is 1160. The van der Waals surface area contributed by atoms with Crippen molar-refractivity contribution in [2.45, 2.75) is 42.4 Å². The largest absolute Gasteiger partial charge is 0.534 e. The van der Waals surface area contributed by atoms with Crippen molar-refractivity contribution in [1.82, 2.24) is 0 Å². The summed E-state index contributed by atoms with van der Waals surface area (Å²) in [6.07, 6.45) is -6.79. The first-order valence-corrected chi connectivity index (χ1v) is 11.2. The molecule has 5 atom stereocenters. The Morgan fingerprint density at radius 1 is 1.03 bits per heavy atom. The minimum absolute atomic E-state index is 0.0977. The highest BCUT2D eigenvalue weighted by Crippen LogP contribution is 2.34. The third-order valence-electron chi connectivity index (χ3n) is 5.28. The van der Waals surface area contributed by atoms with Crippen molar-refractivity contribution >= 4 is 10.1 Å². The topological polar surface area (TPSA) is 157 Å². The van der Waals surface area contributed by atoms with Gasteiger partial charge in [0.1, 0.15) is 36.3 Å². The molecule has 0 aliphatic carbocycles. The molecule has 1 saturated heterocycles. The Labute approximate surface area is 192 Å². The van der Waals surface area contributed by atoms with E-state index in [1.54, 1.807) is 0 Å². The summed E-state index contributed by atoms with van der Waals surface area (Å²) in [6.45, 7) is -0.608. The average molecular weight is 503 g/mol. The molecule has 2 aromatic rings. The molecule has 1 aliphatic heterocycles. The van der Waals surface area contributed by atoms with Gasteiger partial charge in [-0.1, -0.05) is 24.3 Å². The minimum Gasteiger partial charge on any atom is -0.394 e. The molecule has 34 heavy (non-hydrogen) atoms. The molecule has 0 aromatic heterocycles. The predicted molar refractivity (Wildman–Crippen MR) is 109 cm³/mol. The van der Waals surface area contributed by atoms with E-state index >= 15 is 0 Å². The van der Waals surface area contributed by atoms with Crippen molar-refractivity contribution in [3.8, 4) is 11.8 Å². The van der Waals surface area contributed by atoms with E-state index in [1.807, 2.05) is 6.07 Å². The zero-order valence-electron chi connectivity index (χ0n) is 17.3. The fourth-order valence-electron chi connectivity index (χ4n) is 3.48. The van der Waals surface area contributed by atoms with Crippen molar-refractivity contribution < 1.29 is 50.9 Å². The molecular formula is C21H20F3NO8S. The molecule has 2 aromatic carbocycles. The van der Waals surface area contributed by atoms with Crippen LogP contribution in [0.5, 0.6) is 5.75 Å². The first kappa shape index (κ1) is 25.9. The number of nitriles is 1. The standard InChI is InChI=1S/C21H20F3NO8S/c22-21(23,24)34(30,31)33-15-5-1-11(2-6-15)7-14-8-12(3-4-13(14)9-25)20-19(29)18(28)17(27)16(10-26)32-20/h1-6,8,16-20,26-29H,7,10H2/t16?,17-,18?,19-,20+/m1/s1. The maximum absolute atomic E-state index is 12.5. The molecule has 9 nitrogen and oxygen atoms in total. The van der Waals surface area contributed by atoms with Crippen molar-refractivity contribution in [1.29, 1.82) is 5.26 Å². The van der Waals surface area contributed by atoms with Crippen LogP contribution >= 0.6 is 0 Å². The molecule has 184 valence electrons. The molecule has 13 heteroatoms. The van der Waals surface area contributed by atoms with Gasteiger partial charge < -0.3 is 29.3 Å². The Balaban J connectivity index is 1.84. The zero-order chi connectivity index (χ0) is 25.3. The highest BCUT2D eigenvalue weighted by Gasteiger charge is 2.48. The molecule has 0 amide bonds. The molecule has 0 saturated carbocycles. The summed E-state index contributed by atoms with van der Waals surface area (Å²) in [5.41, 5.74) is -4.04. The number of alkyl halides is 3. The van der Waals surface area contributed by atoms with Crippen molar-refractivity contribution in [2.75, 3.05) is 6.61 Å². The third kappa shape index (κ3) is 5.33. The molecule has 0 spiro atoms. The first-order chi connectivity index (χ1) is 15.9. The summed E-state index contributed by atoms with van der Waals surface area (Å²) in [4.78, 5) is 0. The molecule has 1 fully saturated rings. The molecule has 0 bridgehead atoms. The monoisotopic (exact) mass is 503 g/mol. The summed E-state index contributed by atoms with van der Waals surface area (Å²) < 4.78 is 69.2. The Morgan fingerprint density at radius 2 is 1.68 bits per heavy atom. The van der Waals surface area contributed by atoms with Gasteiger partial charge in [-0.05, 0) is 41.3 Å². The number of nitrogens with zero attached hydrogens (tertiary/aromatic N) is 1. The van der Waals surface area contributed by atoms with E-state index < -0.39 is 58.5 Å². The second-order valence-electron chi connectivity index (χ2n) is 7.58. The van der Waals surface area contributed by atoms with E-state index in [0.29, 0.717) is 16.7 Å². The summed E-state index contributed by atoms with van der Waals surface area (Å²) in [5.74, 6) is -0.545. The maximum atomic E-state index is 12.5. The molecule has 3 rings (SSSR count). The number of rotatable bonds is 6. The summed E-state index contributed by atoms with van der Waals surface area (Å²) in [6, 6.07) is 11.1. The van der Waals surface area contributed by atoms with Gasteiger partial charge in [-0.3, -0.25) is 0 Å². The number of ether oxygens (including phenoxy) is 1. The lowest BCUT2D eigenvalue weighted by Crippen LogP contribution is -2.55. The number of benzene rings is 2. The average Bonchev–Trinajstić information content (AvgIpc) is 2.78. The van der Waals surface area contributed by atoms with Crippen LogP contribution in [0.3, 0.4) is 0 Å². The van der Waals surface area contributed by atoms with E-state index in [0.717, 1.165) is 12.1 Å². The lowest BCUT2D eigenvalue weighted by Gasteiger charge is -2.40. The predicted octanol–water partition coefficient (Wildman–Crippen LogP) is 0.892. The molecule has 4 N–H and O–H groups in total. The van der Waals surface area contributed by atoms with Crippen LogP contribution in [0.25, 0.3) is 0 Å². The van der Waals surface area contributed by atoms with Crippen LogP contribution in [-0.2, 0) is 21.3 Å². The fourth-order valence-corrected chi connectivity index (χ4v) is 3.94. The van der Waals surface area contributed by atoms with Gasteiger partial charge in [0.05, 0.1) is 18.2 Å². The number of aliphatic hydroxyl groups excluding tert-OH is 4. The Kier molecular flexibility index (Phi) is 7.51. The number of aliphatic hydroxyl groups is 4. The number of hydrogen-bond acceptors (Lipinski definition) is 9. The minimum atomic E-state index is -5.81. The van der Waals surface area contributed by atoms with Crippen LogP contribution < -0.4 is 4.18 Å². The smallest absolute Gasteiger partial charge is 0.394 e. The van der Waals surface area contributed by atoms with E-state index in [2.05, 4.69) is 4.18 Å². The summed E-state index contributed by atoms with van der Waals surface area (Å²) in [7, 11) is -5.81. The van der Waals surface area contributed by atoms with Crippen molar-refractivity contribution in [2.24, 2.45) is 0 Å². The van der Waals surface area contributed by atoms with Gasteiger partial charge in [0.25, 0.3) is 0 Å². The van der Waals surface area contributed by atoms with Crippen LogP contribution in [0.1, 0.15) is 28.4 Å². The van der Waals surface area contributed by atoms with Gasteiger partial charge in [-0.2, -0.15) is 26.9 Å². The van der Waals surface area contributed by atoms with E-state index in [1.165, 1.54) is 30.3 Å². The van der Waals surface area contributed by atoms with E-state index in [9.17, 15) is 47.3 Å². The van der Waals surface area contributed by atoms with Gasteiger partial charge in [0, 0.05) is 0 Å². The van der Waals surface area contributed by atoms with Gasteiger partial charge in [0.2, 0.25) is 0 Å². The fraction of sp³-hybridized carbons (Fsp3) is 0.381. The second kappa shape index (κ2) is 9.87. The number of halogens is 3. The first-order valence-electron chi connectivity index (χ1n) is 9.81. The van der Waals surface area contributed by atoms with E-state index in [-0.39, 0.29) is 12.0 Å². The van der Waals surface area contributed by atoms with Crippen LogP contribution in [0.4, 0.5) is 13.2 Å². The molecule has 0 radical (unpaired) electrons. The van der Waals surface area contributed by atoms with Crippen LogP contribution in [0.15, 0.2) is 42.5 Å². The molecule has 1 aliphatic rings. The van der Waals surface area contributed by atoms with Gasteiger partial charge >= 0.3 is 15.6 Å². The van der Waals surface area contributed by atoms with Crippen LogP contribution in [-0.4, -0.2) is 65.4 Å². The zero-order valence-corrected chi connectivity index (χ0v) is 18.1. The summed E-state index contributed by atoms with van der Waals surface area (Å²) in [5, 5.41) is 49.1. The summed E-state index contributed by atoms with van der Waals surface area (Å²) >= 11 is 0. The highest BCUT2D eigenvalue weighted by atomic mass is 32.2. The van der Waals surface area contributed by atoms with Gasteiger partial charge in [-0.25, -0.2) is 0 Å². The lowest BCUT2D eigenvalue weighted by molar-refractivity contribution is -0.231. The Morgan fingerprint density at radius 3 is 2.24 bits per heavy atom. The normalized spacial score (nSPS) is 25.5. The quantitative estimate of drug-likeness (QED) is 0.332. The van der Waals surface area contributed by atoms with Crippen molar-refractivity contribution in [3.63, 3.8) is 0 Å².